The molecule has 0 aliphatic carbocycles. The van der Waals surface area contributed by atoms with E-state index < -0.39 is 0 Å². The summed E-state index contributed by atoms with van der Waals surface area (Å²) in [5.41, 5.74) is 0. The molecular weight excluding hydrogens is 240 g/mol. The molecule has 0 amide bonds. The fraction of sp³-hybridized carbons (Fsp3) is 1.00. The van der Waals surface area contributed by atoms with E-state index in [9.17, 15) is 9.81 Å². The monoisotopic (exact) mass is 260 g/mol. The first kappa shape index (κ1) is 16.0. The molecular formula is C8H20N8O2. The summed E-state index contributed by atoms with van der Waals surface area (Å²) in [6.07, 6.45) is 0. The van der Waals surface area contributed by atoms with Gasteiger partial charge in [-0.15, -0.1) is 9.81 Å². The molecule has 0 unspecified atom stereocenters. The summed E-state index contributed by atoms with van der Waals surface area (Å²) in [4.78, 5) is 20.2. The van der Waals surface area contributed by atoms with Crippen LogP contribution in [0.15, 0.2) is 21.0 Å². The predicted octanol–water partition coefficient (Wildman–Crippen LogP) is 0.359. The van der Waals surface area contributed by atoms with Crippen LogP contribution >= 0.6 is 0 Å². The number of nitrogens with zero attached hydrogens (tertiary/aromatic N) is 8. The Kier molecular flexibility index (Phi) is 8.07. The molecule has 0 aliphatic rings. The lowest BCUT2D eigenvalue weighted by atomic mass is 10.6. The van der Waals surface area contributed by atoms with E-state index in [2.05, 4.69) is 21.0 Å². The molecule has 0 aromatic carbocycles. The van der Waals surface area contributed by atoms with E-state index in [1.807, 2.05) is 0 Å². The van der Waals surface area contributed by atoms with Gasteiger partial charge in [-0.1, -0.05) is 10.4 Å². The van der Waals surface area contributed by atoms with Crippen LogP contribution in [-0.2, 0) is 0 Å². The highest BCUT2D eigenvalue weighted by atomic mass is 16.3. The molecule has 10 heteroatoms. The molecule has 0 radical (unpaired) electrons. The van der Waals surface area contributed by atoms with Crippen LogP contribution in [0.2, 0.25) is 0 Å². The summed E-state index contributed by atoms with van der Waals surface area (Å²) in [6, 6.07) is 0. The summed E-state index contributed by atoms with van der Waals surface area (Å²) in [5, 5.41) is 19.1. The normalized spacial score (nSPS) is 10.2. The van der Waals surface area contributed by atoms with Crippen molar-refractivity contribution in [1.82, 2.24) is 20.0 Å². The van der Waals surface area contributed by atoms with Crippen LogP contribution in [0.4, 0.5) is 0 Å². The van der Waals surface area contributed by atoms with Crippen molar-refractivity contribution in [1.29, 1.82) is 0 Å². The number of hydrogen-bond acceptors (Lipinski definition) is 6. The average molecular weight is 260 g/mol. The fourth-order valence-corrected chi connectivity index (χ4v) is 0.887. The van der Waals surface area contributed by atoms with Crippen molar-refractivity contribution in [3.63, 3.8) is 0 Å². The molecule has 0 bridgehead atoms. The highest BCUT2D eigenvalue weighted by Crippen LogP contribution is 1.93. The molecule has 0 saturated carbocycles. The standard InChI is InChI=1S/C8H20N8O2/c1-13(5-7-15(3)11-17)9-10-14(2)6-8-16(4)12-18/h5-8H2,1-4H3/b10-9+. The molecule has 0 aliphatic heterocycles. The Labute approximate surface area is 106 Å². The van der Waals surface area contributed by atoms with Crippen LogP contribution in [0.1, 0.15) is 0 Å². The second-order valence-electron chi connectivity index (χ2n) is 3.87. The molecule has 104 valence electrons. The Morgan fingerprint density at radius 2 is 0.889 bits per heavy atom. The van der Waals surface area contributed by atoms with Crippen LogP contribution in [0.25, 0.3) is 0 Å². The van der Waals surface area contributed by atoms with Crippen LogP contribution < -0.4 is 0 Å². The van der Waals surface area contributed by atoms with E-state index in [0.29, 0.717) is 26.2 Å². The van der Waals surface area contributed by atoms with Gasteiger partial charge >= 0.3 is 0 Å². The second-order valence-corrected chi connectivity index (χ2v) is 3.87. The van der Waals surface area contributed by atoms with Crippen molar-refractivity contribution in [2.75, 3.05) is 54.4 Å². The van der Waals surface area contributed by atoms with Crippen LogP contribution in [0.3, 0.4) is 0 Å². The summed E-state index contributed by atoms with van der Waals surface area (Å²) in [6.45, 7) is 2.02. The molecule has 0 spiro atoms. The smallest absolute Gasteiger partial charge is 0.0582 e. The summed E-state index contributed by atoms with van der Waals surface area (Å²) < 4.78 is 0. The largest absolute Gasteiger partial charge is 0.278 e. The fourth-order valence-electron chi connectivity index (χ4n) is 0.887. The zero-order valence-corrected chi connectivity index (χ0v) is 11.2. The van der Waals surface area contributed by atoms with Gasteiger partial charge in [-0.2, -0.15) is 0 Å². The molecule has 10 nitrogen and oxygen atoms in total. The van der Waals surface area contributed by atoms with Crippen LogP contribution in [0.5, 0.6) is 0 Å². The van der Waals surface area contributed by atoms with E-state index >= 15 is 0 Å². The minimum absolute atomic E-state index is 0.473. The summed E-state index contributed by atoms with van der Waals surface area (Å²) in [7, 11) is 6.67. The van der Waals surface area contributed by atoms with Crippen LogP contribution in [0, 0.1) is 9.81 Å². The minimum Gasteiger partial charge on any atom is -0.278 e. The highest BCUT2D eigenvalue weighted by molar-refractivity contribution is 4.49. The third-order valence-electron chi connectivity index (χ3n) is 2.12. The quantitative estimate of drug-likeness (QED) is 0.319. The van der Waals surface area contributed by atoms with E-state index in [1.54, 1.807) is 38.2 Å². The van der Waals surface area contributed by atoms with Gasteiger partial charge < -0.3 is 0 Å². The van der Waals surface area contributed by atoms with Crippen molar-refractivity contribution in [3.8, 4) is 0 Å². The zero-order chi connectivity index (χ0) is 14.0. The molecule has 18 heavy (non-hydrogen) atoms. The Morgan fingerprint density at radius 1 is 0.611 bits per heavy atom. The van der Waals surface area contributed by atoms with Gasteiger partial charge in [0, 0.05) is 28.2 Å². The van der Waals surface area contributed by atoms with E-state index in [0.717, 1.165) is 0 Å². The summed E-state index contributed by atoms with van der Waals surface area (Å²) in [5.74, 6) is 0. The second kappa shape index (κ2) is 9.07. The molecule has 0 N–H and O–H groups in total. The van der Waals surface area contributed by atoms with Gasteiger partial charge in [-0.25, -0.2) is 0 Å². The molecule has 0 atom stereocenters. The average Bonchev–Trinajstić information content (AvgIpc) is 2.39. The maximum atomic E-state index is 10.1. The maximum absolute atomic E-state index is 10.1. The minimum atomic E-state index is 0.473. The Balaban J connectivity index is 3.83. The number of nitroso groups, excluding NO2 is 2. The number of likely N-dealkylation sites (N-methyl/N-ethyl adjacent to an activating group) is 4. The zero-order valence-electron chi connectivity index (χ0n) is 11.2. The first-order valence-electron chi connectivity index (χ1n) is 5.42. The SMILES string of the molecule is CN(CCN(C)/N=N/N(C)CCN(C)N=O)N=O. The van der Waals surface area contributed by atoms with Crippen molar-refractivity contribution in [2.45, 2.75) is 0 Å². The number of rotatable bonds is 10. The first-order chi connectivity index (χ1) is 8.49. The number of hydrogen-bond donors (Lipinski definition) is 0. The van der Waals surface area contributed by atoms with Gasteiger partial charge in [0.25, 0.3) is 0 Å². The van der Waals surface area contributed by atoms with Gasteiger partial charge in [-0.3, -0.25) is 20.0 Å². The van der Waals surface area contributed by atoms with Gasteiger partial charge in [0.1, 0.15) is 0 Å². The molecule has 0 fully saturated rings. The van der Waals surface area contributed by atoms with Crippen molar-refractivity contribution < 1.29 is 0 Å². The molecule has 0 aromatic heterocycles. The topological polar surface area (TPSA) is 96.5 Å². The third kappa shape index (κ3) is 8.19. The van der Waals surface area contributed by atoms with E-state index in [-0.39, 0.29) is 0 Å². The molecule has 0 rings (SSSR count). The highest BCUT2D eigenvalue weighted by Gasteiger charge is 2.00. The summed E-state index contributed by atoms with van der Waals surface area (Å²) >= 11 is 0. The van der Waals surface area contributed by atoms with Gasteiger partial charge in [0.15, 0.2) is 0 Å². The Bertz CT molecular complexity index is 248. The Morgan fingerprint density at radius 3 is 1.17 bits per heavy atom. The van der Waals surface area contributed by atoms with Crippen molar-refractivity contribution in [3.05, 3.63) is 9.81 Å². The lowest BCUT2D eigenvalue weighted by molar-refractivity contribution is 0.208. The van der Waals surface area contributed by atoms with Crippen LogP contribution in [-0.4, -0.2) is 74.4 Å². The Hall–Kier alpha value is -2.00. The molecule has 0 aromatic rings. The predicted molar refractivity (Wildman–Crippen MR) is 67.0 cm³/mol. The van der Waals surface area contributed by atoms with Crippen molar-refractivity contribution in [2.24, 2.45) is 21.0 Å². The van der Waals surface area contributed by atoms with E-state index in [4.69, 9.17) is 0 Å². The third-order valence-corrected chi connectivity index (χ3v) is 2.12. The molecule has 0 heterocycles. The lowest BCUT2D eigenvalue weighted by Crippen LogP contribution is -2.26. The maximum Gasteiger partial charge on any atom is 0.0582 e. The lowest BCUT2D eigenvalue weighted by Gasteiger charge is -2.17. The first-order valence-corrected chi connectivity index (χ1v) is 5.42. The van der Waals surface area contributed by atoms with Gasteiger partial charge in [0.05, 0.1) is 36.8 Å². The van der Waals surface area contributed by atoms with Crippen molar-refractivity contribution >= 4 is 0 Å². The van der Waals surface area contributed by atoms with E-state index in [1.165, 1.54) is 10.0 Å². The van der Waals surface area contributed by atoms with Gasteiger partial charge in [-0.05, 0) is 0 Å². The molecule has 0 saturated heterocycles. The van der Waals surface area contributed by atoms with Gasteiger partial charge in [0.2, 0.25) is 0 Å².